The number of nitrogens with two attached hydrogens (primary N) is 5. The lowest BCUT2D eigenvalue weighted by Gasteiger charge is -2.30. The molecule has 3 rings (SSSR count). The van der Waals surface area contributed by atoms with Crippen molar-refractivity contribution in [2.75, 3.05) is 26.2 Å². The summed E-state index contributed by atoms with van der Waals surface area (Å²) in [4.78, 5) is 182. The van der Waals surface area contributed by atoms with E-state index in [0.29, 0.717) is 94.1 Å². The Kier molecular flexibility index (Phi) is 42.4. The smallest absolute Gasteiger partial charge is 0.326 e. The average Bonchev–Trinajstić information content (AvgIpc) is 0.848. The number of carboxylic acids is 1. The molecule has 32 heteroatoms. The molecule has 0 saturated heterocycles. The van der Waals surface area contributed by atoms with Crippen LogP contribution < -0.4 is 92.5 Å². The lowest BCUT2D eigenvalue weighted by Crippen LogP contribution is -2.62. The third-order valence-corrected chi connectivity index (χ3v) is 18.4. The number of amides is 12. The molecule has 109 heavy (non-hydrogen) atoms. The summed E-state index contributed by atoms with van der Waals surface area (Å²) in [6.07, 6.45) is 4.36. The van der Waals surface area contributed by atoms with Crippen molar-refractivity contribution in [3.63, 3.8) is 0 Å². The third-order valence-electron chi connectivity index (χ3n) is 18.4. The minimum atomic E-state index is -1.46. The molecule has 24 N–H and O–H groups in total. The standard InChI is InChI=1S/C77H123N17O15/c1-44(2)61(93-76(107)63(46(5)6)91-70(101)57(32-20-24-40-81)87-69(100)56(31-19-23-39-80)86-68(99)55(30-18-22-38-79)85-67(98)54(82)29-17-21-37-78)74(105)84-48(9)65(96)83-49(10)66(97)88-58(41-50-25-13-11-14-26-50)71(102)89-59(43-52-33-35-53(95)36-34-52)72(103)92-62(45(3)4)75(106)90-60(42-51-27-15-12-16-28-51)73(104)94-64(47(7)8)77(108)109/h11-16,25-28,33-36,44-49,54-64,95H,17-24,29-32,37-43,78-82H2,1-10H3,(H,83,96)(H,84,105)(H,85,98)(H,86,99)(H,87,100)(H,88,97)(H,89,102)(H,90,106)(H,91,101)(H,92,103)(H,93,107)(H,94,104)(H,108,109)/t48-,49-,54-,55-,56-,57-,58-,59-,60-,61-,62-,63-,64-/m0/s1. The number of unbranched alkanes of at least 4 members (excludes halogenated alkanes) is 4. The molecule has 606 valence electrons. The van der Waals surface area contributed by atoms with Crippen LogP contribution in [0.3, 0.4) is 0 Å². The van der Waals surface area contributed by atoms with E-state index in [0.717, 1.165) is 0 Å². The first-order valence-corrected chi connectivity index (χ1v) is 38.0. The summed E-state index contributed by atoms with van der Waals surface area (Å²) >= 11 is 0. The highest BCUT2D eigenvalue weighted by atomic mass is 16.4. The largest absolute Gasteiger partial charge is 0.508 e. The maximum atomic E-state index is 14.7. The fraction of sp³-hybridized carbons (Fsp3) is 0.597. The number of carbonyl (C=O) groups is 13. The van der Waals surface area contributed by atoms with Gasteiger partial charge in [-0.3, -0.25) is 57.5 Å². The molecular weight excluding hydrogens is 1400 g/mol. The second kappa shape index (κ2) is 49.4. The van der Waals surface area contributed by atoms with Gasteiger partial charge in [0.1, 0.15) is 78.3 Å². The number of phenols is 1. The van der Waals surface area contributed by atoms with Crippen molar-refractivity contribution in [1.29, 1.82) is 0 Å². The van der Waals surface area contributed by atoms with Gasteiger partial charge in [0.2, 0.25) is 70.9 Å². The zero-order valence-corrected chi connectivity index (χ0v) is 64.9. The van der Waals surface area contributed by atoms with E-state index in [9.17, 15) is 72.5 Å². The SMILES string of the molecule is CC(C)[C@H](NC(=O)[C@H](Cc1ccccc1)NC(=O)[C@@H](NC(=O)[C@H](Cc1ccc(O)cc1)NC(=O)[C@H](Cc1ccccc1)NC(=O)[C@H](C)NC(=O)[C@H](C)NC(=O)[C@@H](NC(=O)[C@@H](NC(=O)[C@H](CCCCN)NC(=O)[C@H](CCCCN)NC(=O)[C@H](CCCCN)NC(=O)[C@@H](N)CCCCN)C(C)C)C(C)C)C(C)C)C(=O)O. The second-order valence-corrected chi connectivity index (χ2v) is 29.1. The first kappa shape index (κ1) is 93.6. The summed E-state index contributed by atoms with van der Waals surface area (Å²) in [6, 6.07) is 6.46. The maximum absolute atomic E-state index is 14.7. The molecule has 0 aliphatic heterocycles. The fourth-order valence-corrected chi connectivity index (χ4v) is 11.7. The topological polar surface area (TPSA) is 537 Å². The number of nitrogens with one attached hydrogen (secondary N) is 12. The Labute approximate surface area is 640 Å². The second-order valence-electron chi connectivity index (χ2n) is 29.1. The molecule has 0 saturated carbocycles. The van der Waals surface area contributed by atoms with E-state index < -0.39 is 179 Å². The minimum absolute atomic E-state index is 0.0476. The molecule has 0 heterocycles. The molecule has 0 aromatic heterocycles. The molecule has 0 fully saturated rings. The minimum Gasteiger partial charge on any atom is -0.508 e. The van der Waals surface area contributed by atoms with Crippen LogP contribution in [0.5, 0.6) is 5.75 Å². The first-order chi connectivity index (χ1) is 51.7. The number of hydrogen-bond acceptors (Lipinski definition) is 19. The van der Waals surface area contributed by atoms with Gasteiger partial charge in [-0.15, -0.1) is 0 Å². The van der Waals surface area contributed by atoms with E-state index in [1.165, 1.54) is 38.1 Å². The number of carboxylic acid groups (broad SMARTS) is 1. The zero-order chi connectivity index (χ0) is 81.4. The fourth-order valence-electron chi connectivity index (χ4n) is 11.7. The van der Waals surface area contributed by atoms with Gasteiger partial charge < -0.3 is 103 Å². The Hall–Kier alpha value is -9.63. The van der Waals surface area contributed by atoms with Gasteiger partial charge in [0.15, 0.2) is 0 Å². The molecule has 0 radical (unpaired) electrons. The Morgan fingerprint density at radius 2 is 0.550 bits per heavy atom. The summed E-state index contributed by atoms with van der Waals surface area (Å²) < 4.78 is 0. The molecular formula is C77H123N17O15. The van der Waals surface area contributed by atoms with Gasteiger partial charge in [-0.25, -0.2) is 4.79 Å². The van der Waals surface area contributed by atoms with Crippen LogP contribution in [0.1, 0.15) is 163 Å². The van der Waals surface area contributed by atoms with E-state index in [1.807, 2.05) is 0 Å². The molecule has 13 atom stereocenters. The summed E-state index contributed by atoms with van der Waals surface area (Å²) in [6.45, 7) is 17.1. The van der Waals surface area contributed by atoms with Gasteiger partial charge >= 0.3 is 5.97 Å². The van der Waals surface area contributed by atoms with Crippen molar-refractivity contribution < 1.29 is 72.5 Å². The lowest BCUT2D eigenvalue weighted by molar-refractivity contribution is -0.143. The predicted octanol–water partition coefficient (Wildman–Crippen LogP) is -0.171. The van der Waals surface area contributed by atoms with Gasteiger partial charge in [0.05, 0.1) is 6.04 Å². The van der Waals surface area contributed by atoms with E-state index in [-0.39, 0.29) is 50.8 Å². The van der Waals surface area contributed by atoms with Crippen molar-refractivity contribution in [2.24, 2.45) is 52.3 Å². The number of hydrogen-bond donors (Lipinski definition) is 19. The Morgan fingerprint density at radius 1 is 0.294 bits per heavy atom. The number of rotatable bonds is 51. The number of phenolic OH excluding ortho intramolecular Hbond substituents is 1. The van der Waals surface area contributed by atoms with E-state index >= 15 is 0 Å². The molecule has 3 aromatic rings. The van der Waals surface area contributed by atoms with Gasteiger partial charge in [0, 0.05) is 19.3 Å². The maximum Gasteiger partial charge on any atom is 0.326 e. The van der Waals surface area contributed by atoms with Crippen LogP contribution >= 0.6 is 0 Å². The van der Waals surface area contributed by atoms with Crippen molar-refractivity contribution >= 4 is 76.9 Å². The number of aliphatic carboxylic acids is 1. The van der Waals surface area contributed by atoms with Crippen LogP contribution in [0.15, 0.2) is 84.9 Å². The highest BCUT2D eigenvalue weighted by Gasteiger charge is 2.38. The van der Waals surface area contributed by atoms with Crippen molar-refractivity contribution in [3.05, 3.63) is 102 Å². The van der Waals surface area contributed by atoms with Crippen LogP contribution in [0, 0.1) is 23.7 Å². The number of benzene rings is 3. The summed E-state index contributed by atoms with van der Waals surface area (Å²) in [5.74, 6) is -13.0. The van der Waals surface area contributed by atoms with Crippen molar-refractivity contribution in [1.82, 2.24) is 63.8 Å². The number of aromatic hydroxyl groups is 1. The first-order valence-electron chi connectivity index (χ1n) is 38.0. The van der Waals surface area contributed by atoms with Gasteiger partial charge in [-0.05, 0) is 163 Å². The Morgan fingerprint density at radius 3 is 0.917 bits per heavy atom. The monoisotopic (exact) mass is 1530 g/mol. The van der Waals surface area contributed by atoms with Crippen LogP contribution in [0.2, 0.25) is 0 Å². The van der Waals surface area contributed by atoms with Crippen LogP contribution in [-0.2, 0) is 81.6 Å². The predicted molar refractivity (Wildman–Crippen MR) is 413 cm³/mol. The molecule has 0 bridgehead atoms. The van der Waals surface area contributed by atoms with Crippen molar-refractivity contribution in [2.45, 2.75) is 244 Å². The molecule has 0 spiro atoms. The van der Waals surface area contributed by atoms with Gasteiger partial charge in [-0.1, -0.05) is 135 Å². The highest BCUT2D eigenvalue weighted by Crippen LogP contribution is 2.17. The lowest BCUT2D eigenvalue weighted by atomic mass is 9.98. The van der Waals surface area contributed by atoms with Gasteiger partial charge in [-0.2, -0.15) is 0 Å². The summed E-state index contributed by atoms with van der Waals surface area (Å²) in [5, 5.41) is 52.3. The van der Waals surface area contributed by atoms with Crippen LogP contribution in [0.4, 0.5) is 0 Å². The average molecular weight is 1530 g/mol. The normalized spacial score (nSPS) is 14.9. The summed E-state index contributed by atoms with van der Waals surface area (Å²) in [7, 11) is 0. The van der Waals surface area contributed by atoms with E-state index in [1.54, 1.807) is 116 Å². The molecule has 32 nitrogen and oxygen atoms in total. The van der Waals surface area contributed by atoms with Crippen LogP contribution in [0.25, 0.3) is 0 Å². The number of carbonyl (C=O) groups excluding carboxylic acids is 12. The summed E-state index contributed by atoms with van der Waals surface area (Å²) in [5.41, 5.74) is 30.9. The molecule has 0 aliphatic carbocycles. The highest BCUT2D eigenvalue weighted by molar-refractivity contribution is 6.00. The van der Waals surface area contributed by atoms with E-state index in [2.05, 4.69) is 63.8 Å². The zero-order valence-electron chi connectivity index (χ0n) is 64.9. The van der Waals surface area contributed by atoms with Gasteiger partial charge in [0.25, 0.3) is 0 Å². The Bertz CT molecular complexity index is 3390. The van der Waals surface area contributed by atoms with Crippen molar-refractivity contribution in [3.8, 4) is 5.75 Å². The Balaban J connectivity index is 1.85. The third kappa shape index (κ3) is 33.8. The molecule has 12 amide bonds. The van der Waals surface area contributed by atoms with E-state index in [4.69, 9.17) is 28.7 Å². The quantitative estimate of drug-likeness (QED) is 0.0326. The molecule has 0 unspecified atom stereocenters. The van der Waals surface area contributed by atoms with Crippen LogP contribution in [-0.4, -0.2) is 192 Å². The molecule has 3 aromatic carbocycles. The molecule has 0 aliphatic rings.